The molecule has 1 aromatic carbocycles. The highest BCUT2D eigenvalue weighted by Gasteiger charge is 2.11. The van der Waals surface area contributed by atoms with Crippen molar-refractivity contribution in [2.75, 3.05) is 5.43 Å². The monoisotopic (exact) mass is 349 g/mol. The summed E-state index contributed by atoms with van der Waals surface area (Å²) in [6.07, 6.45) is 13.0. The van der Waals surface area contributed by atoms with Crippen LogP contribution in [-0.4, -0.2) is 14.5 Å². The van der Waals surface area contributed by atoms with Crippen molar-refractivity contribution in [2.45, 2.75) is 33.1 Å². The minimum atomic E-state index is -0.390. The van der Waals surface area contributed by atoms with E-state index < -0.39 is 5.69 Å². The third kappa shape index (κ3) is 3.65. The number of anilines is 1. The molecule has 0 aliphatic heterocycles. The maximum Gasteiger partial charge on any atom is 0.356 e. The van der Waals surface area contributed by atoms with Crippen LogP contribution >= 0.6 is 0 Å². The highest BCUT2D eigenvalue weighted by Crippen LogP contribution is 2.27. The van der Waals surface area contributed by atoms with Gasteiger partial charge in [0.2, 0.25) is 5.95 Å². The van der Waals surface area contributed by atoms with Gasteiger partial charge < -0.3 is 0 Å². The summed E-state index contributed by atoms with van der Waals surface area (Å²) < 4.78 is 1.47. The number of fused-ring (bicyclic) bond motifs is 2. The van der Waals surface area contributed by atoms with Crippen LogP contribution in [-0.2, 0) is 12.8 Å². The van der Waals surface area contributed by atoms with Gasteiger partial charge in [-0.15, -0.1) is 0 Å². The van der Waals surface area contributed by atoms with Crippen LogP contribution in [0.5, 0.6) is 0 Å². The van der Waals surface area contributed by atoms with Crippen molar-refractivity contribution >= 4 is 5.95 Å². The summed E-state index contributed by atoms with van der Waals surface area (Å²) in [6, 6.07) is 6.02. The number of aromatic nitrogens is 3. The fourth-order valence-electron chi connectivity index (χ4n) is 3.09. The maximum atomic E-state index is 12.1. The van der Waals surface area contributed by atoms with Crippen molar-refractivity contribution in [1.82, 2.24) is 14.5 Å². The van der Waals surface area contributed by atoms with Crippen LogP contribution < -0.4 is 17.0 Å². The van der Waals surface area contributed by atoms with Gasteiger partial charge in [0, 0.05) is 0 Å². The Bertz CT molecular complexity index is 911. The van der Waals surface area contributed by atoms with Gasteiger partial charge in [0.15, 0.2) is 0 Å². The van der Waals surface area contributed by atoms with Crippen molar-refractivity contribution in [3.8, 4) is 5.69 Å². The van der Waals surface area contributed by atoms with Gasteiger partial charge in [-0.05, 0) is 41.5 Å². The molecule has 1 heterocycles. The lowest BCUT2D eigenvalue weighted by molar-refractivity contribution is 0.834. The van der Waals surface area contributed by atoms with Crippen molar-refractivity contribution in [3.63, 3.8) is 0 Å². The van der Waals surface area contributed by atoms with Crippen LogP contribution in [0.1, 0.15) is 31.4 Å². The predicted octanol–water partition coefficient (Wildman–Crippen LogP) is 2.85. The SMILES string of the molecule is C1=CC2=CC=C1C2.CCc1cccc(CC)c1-n1cnc(NN)nc1=O. The summed E-state index contributed by atoms with van der Waals surface area (Å²) in [6.45, 7) is 4.11. The molecule has 2 bridgehead atoms. The highest BCUT2D eigenvalue weighted by molar-refractivity contribution is 5.49. The molecule has 1 aromatic heterocycles. The molecule has 6 heteroatoms. The molecule has 0 spiro atoms. The molecule has 0 atom stereocenters. The lowest BCUT2D eigenvalue weighted by Crippen LogP contribution is -2.26. The fraction of sp³-hybridized carbons (Fsp3) is 0.250. The van der Waals surface area contributed by atoms with E-state index in [-0.39, 0.29) is 5.95 Å². The number of nitrogens with two attached hydrogens (primary N) is 1. The number of allylic oxidation sites excluding steroid dienone is 6. The molecular formula is C20H23N5O. The zero-order chi connectivity index (χ0) is 18.5. The number of rotatable bonds is 4. The Balaban J connectivity index is 0.000000229. The van der Waals surface area contributed by atoms with E-state index in [4.69, 9.17) is 5.84 Å². The number of benzene rings is 1. The second-order valence-electron chi connectivity index (χ2n) is 6.10. The molecule has 26 heavy (non-hydrogen) atoms. The molecule has 0 fully saturated rings. The molecule has 134 valence electrons. The summed E-state index contributed by atoms with van der Waals surface area (Å²) in [5.74, 6) is 5.32. The molecule has 2 aromatic rings. The molecule has 0 amide bonds. The quantitative estimate of drug-likeness (QED) is 0.655. The molecule has 4 rings (SSSR count). The first-order chi connectivity index (χ1) is 12.7. The van der Waals surface area contributed by atoms with Crippen molar-refractivity contribution in [2.24, 2.45) is 5.84 Å². The Labute approximate surface area is 152 Å². The number of hydrazine groups is 1. The van der Waals surface area contributed by atoms with Gasteiger partial charge in [-0.25, -0.2) is 15.6 Å². The second kappa shape index (κ2) is 7.93. The second-order valence-corrected chi connectivity index (χ2v) is 6.10. The minimum Gasteiger partial charge on any atom is -0.292 e. The average Bonchev–Trinajstić information content (AvgIpc) is 3.34. The Morgan fingerprint density at radius 3 is 2.12 bits per heavy atom. The molecule has 2 aliphatic carbocycles. The van der Waals surface area contributed by atoms with E-state index in [2.05, 4.69) is 53.5 Å². The number of hydrogen-bond donors (Lipinski definition) is 2. The Morgan fingerprint density at radius 2 is 1.73 bits per heavy atom. The Hall–Kier alpha value is -2.99. The van der Waals surface area contributed by atoms with E-state index in [1.54, 1.807) is 0 Å². The van der Waals surface area contributed by atoms with E-state index in [1.807, 2.05) is 18.2 Å². The lowest BCUT2D eigenvalue weighted by atomic mass is 10.0. The standard InChI is InChI=1S/C13H17N5O.C7H6/c1-3-9-6-5-7-10(4-2)11(9)18-8-15-12(17-14)16-13(18)19;1-2-7-4-3-6(1)5-7/h5-8H,3-4,14H2,1-2H3,(H,16,17,19);1-4H,5H2. The van der Waals surface area contributed by atoms with E-state index in [0.29, 0.717) is 0 Å². The Morgan fingerprint density at radius 1 is 1.12 bits per heavy atom. The van der Waals surface area contributed by atoms with Gasteiger partial charge in [0.25, 0.3) is 0 Å². The van der Waals surface area contributed by atoms with Crippen LogP contribution in [0.25, 0.3) is 5.69 Å². The van der Waals surface area contributed by atoms with Gasteiger partial charge in [0.1, 0.15) is 6.33 Å². The number of aryl methyl sites for hydroxylation is 2. The van der Waals surface area contributed by atoms with Crippen LogP contribution in [0.3, 0.4) is 0 Å². The van der Waals surface area contributed by atoms with Crippen LogP contribution in [0, 0.1) is 0 Å². The number of nitrogen functional groups attached to an aromatic ring is 1. The van der Waals surface area contributed by atoms with Crippen LogP contribution in [0.2, 0.25) is 0 Å². The third-order valence-electron chi connectivity index (χ3n) is 4.47. The predicted molar refractivity (Wildman–Crippen MR) is 104 cm³/mol. The van der Waals surface area contributed by atoms with Gasteiger partial charge in [-0.3, -0.25) is 9.99 Å². The van der Waals surface area contributed by atoms with Crippen LogP contribution in [0.15, 0.2) is 64.8 Å². The number of hydrogen-bond acceptors (Lipinski definition) is 5. The normalized spacial score (nSPS) is 13.8. The van der Waals surface area contributed by atoms with Gasteiger partial charge in [-0.1, -0.05) is 56.4 Å². The molecule has 0 saturated carbocycles. The number of nitrogens with one attached hydrogen (secondary N) is 1. The third-order valence-corrected chi connectivity index (χ3v) is 4.47. The molecule has 3 N–H and O–H groups in total. The van der Waals surface area contributed by atoms with E-state index >= 15 is 0 Å². The molecule has 0 saturated heterocycles. The molecule has 0 radical (unpaired) electrons. The average molecular weight is 349 g/mol. The van der Waals surface area contributed by atoms with E-state index in [0.717, 1.165) is 29.7 Å². The summed E-state index contributed by atoms with van der Waals surface area (Å²) in [7, 11) is 0. The zero-order valence-electron chi connectivity index (χ0n) is 15.1. The molecule has 2 aliphatic rings. The smallest absolute Gasteiger partial charge is 0.292 e. The fourth-order valence-corrected chi connectivity index (χ4v) is 3.09. The maximum absolute atomic E-state index is 12.1. The Kier molecular flexibility index (Phi) is 5.43. The largest absolute Gasteiger partial charge is 0.356 e. The number of nitrogens with zero attached hydrogens (tertiary/aromatic N) is 3. The number of para-hydroxylation sites is 1. The lowest BCUT2D eigenvalue weighted by Gasteiger charge is -2.14. The summed E-state index contributed by atoms with van der Waals surface area (Å²) in [5.41, 5.74) is 7.88. The van der Waals surface area contributed by atoms with E-state index in [9.17, 15) is 4.79 Å². The van der Waals surface area contributed by atoms with Crippen molar-refractivity contribution < 1.29 is 0 Å². The molecule has 6 nitrogen and oxygen atoms in total. The first-order valence-electron chi connectivity index (χ1n) is 8.77. The molecule has 0 unspecified atom stereocenters. The van der Waals surface area contributed by atoms with Crippen molar-refractivity contribution in [3.05, 3.63) is 81.6 Å². The molecular weight excluding hydrogens is 326 g/mol. The first kappa shape index (κ1) is 17.8. The zero-order valence-corrected chi connectivity index (χ0v) is 15.1. The summed E-state index contributed by atoms with van der Waals surface area (Å²) >= 11 is 0. The van der Waals surface area contributed by atoms with E-state index in [1.165, 1.54) is 28.5 Å². The van der Waals surface area contributed by atoms with Crippen molar-refractivity contribution in [1.29, 1.82) is 0 Å². The summed E-state index contributed by atoms with van der Waals surface area (Å²) in [5, 5.41) is 0. The van der Waals surface area contributed by atoms with Gasteiger partial charge in [0.05, 0.1) is 5.69 Å². The van der Waals surface area contributed by atoms with Crippen LogP contribution in [0.4, 0.5) is 5.95 Å². The highest BCUT2D eigenvalue weighted by atomic mass is 16.1. The van der Waals surface area contributed by atoms with Gasteiger partial charge >= 0.3 is 5.69 Å². The minimum absolute atomic E-state index is 0.119. The van der Waals surface area contributed by atoms with Gasteiger partial charge in [-0.2, -0.15) is 4.98 Å². The summed E-state index contributed by atoms with van der Waals surface area (Å²) in [4.78, 5) is 19.8. The first-order valence-corrected chi connectivity index (χ1v) is 8.77. The topological polar surface area (TPSA) is 85.8 Å².